The molecule has 94 valence electrons. The first-order valence-corrected chi connectivity index (χ1v) is 6.89. The first-order chi connectivity index (χ1) is 8.25. The van der Waals surface area contributed by atoms with Crippen molar-refractivity contribution in [1.29, 1.82) is 0 Å². The molecule has 2 nitrogen and oxygen atoms in total. The van der Waals surface area contributed by atoms with E-state index in [9.17, 15) is 0 Å². The van der Waals surface area contributed by atoms with E-state index in [2.05, 4.69) is 30.2 Å². The second kappa shape index (κ2) is 6.15. The molecule has 1 heterocycles. The molecule has 0 saturated heterocycles. The molecule has 0 radical (unpaired) electrons. The number of pyridine rings is 1. The molecule has 1 atom stereocenters. The normalized spacial score (nSPS) is 19.2. The highest BCUT2D eigenvalue weighted by Gasteiger charge is 2.19. The summed E-state index contributed by atoms with van der Waals surface area (Å²) < 4.78 is 0. The van der Waals surface area contributed by atoms with Crippen LogP contribution in [0.1, 0.15) is 50.2 Å². The first kappa shape index (κ1) is 12.6. The van der Waals surface area contributed by atoms with Crippen molar-refractivity contribution in [2.45, 2.75) is 58.5 Å². The quantitative estimate of drug-likeness (QED) is 0.860. The van der Waals surface area contributed by atoms with E-state index in [1.54, 1.807) is 0 Å². The molecular formula is C15H24N2. The van der Waals surface area contributed by atoms with Gasteiger partial charge >= 0.3 is 0 Å². The van der Waals surface area contributed by atoms with Crippen molar-refractivity contribution < 1.29 is 0 Å². The molecule has 17 heavy (non-hydrogen) atoms. The Labute approximate surface area is 105 Å². The number of nitrogens with zero attached hydrogens (tertiary/aromatic N) is 1. The highest BCUT2D eigenvalue weighted by atomic mass is 14.9. The van der Waals surface area contributed by atoms with Crippen LogP contribution >= 0.6 is 0 Å². The van der Waals surface area contributed by atoms with Gasteiger partial charge in [0, 0.05) is 25.0 Å². The molecule has 1 unspecified atom stereocenters. The molecule has 1 aliphatic rings. The van der Waals surface area contributed by atoms with Gasteiger partial charge in [-0.05, 0) is 43.7 Å². The Balaban J connectivity index is 1.80. The molecule has 1 aliphatic carbocycles. The minimum atomic E-state index is 0.635. The molecule has 1 aromatic heterocycles. The van der Waals surface area contributed by atoms with Crippen LogP contribution in [0.5, 0.6) is 0 Å². The van der Waals surface area contributed by atoms with Gasteiger partial charge in [0.25, 0.3) is 0 Å². The third-order valence-corrected chi connectivity index (χ3v) is 3.92. The Kier molecular flexibility index (Phi) is 4.55. The number of aromatic nitrogens is 1. The van der Waals surface area contributed by atoms with Crippen molar-refractivity contribution in [2.75, 3.05) is 0 Å². The average molecular weight is 232 g/mol. The van der Waals surface area contributed by atoms with Crippen molar-refractivity contribution in [2.24, 2.45) is 5.92 Å². The third-order valence-electron chi connectivity index (χ3n) is 3.92. The zero-order valence-electron chi connectivity index (χ0n) is 11.1. The SMILES string of the molecule is Cc1cncc(CNC(C)C2CCCCC2)c1. The fourth-order valence-electron chi connectivity index (χ4n) is 2.79. The monoisotopic (exact) mass is 232 g/mol. The van der Waals surface area contributed by atoms with E-state index in [0.717, 1.165) is 12.5 Å². The summed E-state index contributed by atoms with van der Waals surface area (Å²) in [5.74, 6) is 0.876. The summed E-state index contributed by atoms with van der Waals surface area (Å²) in [7, 11) is 0. The minimum absolute atomic E-state index is 0.635. The lowest BCUT2D eigenvalue weighted by Gasteiger charge is -2.28. The first-order valence-electron chi connectivity index (χ1n) is 6.89. The number of aryl methyl sites for hydroxylation is 1. The lowest BCUT2D eigenvalue weighted by atomic mass is 9.84. The molecule has 1 aromatic rings. The predicted molar refractivity (Wildman–Crippen MR) is 71.9 cm³/mol. The Bertz CT molecular complexity index is 343. The van der Waals surface area contributed by atoms with E-state index in [0.29, 0.717) is 6.04 Å². The molecule has 0 bridgehead atoms. The maximum Gasteiger partial charge on any atom is 0.0313 e. The Morgan fingerprint density at radius 1 is 1.29 bits per heavy atom. The van der Waals surface area contributed by atoms with Crippen LogP contribution < -0.4 is 5.32 Å². The second-order valence-electron chi connectivity index (χ2n) is 5.44. The summed E-state index contributed by atoms with van der Waals surface area (Å²) in [5.41, 5.74) is 2.54. The van der Waals surface area contributed by atoms with Gasteiger partial charge in [-0.15, -0.1) is 0 Å². The number of hydrogen-bond acceptors (Lipinski definition) is 2. The Hall–Kier alpha value is -0.890. The summed E-state index contributed by atoms with van der Waals surface area (Å²) >= 11 is 0. The molecule has 0 aliphatic heterocycles. The molecular weight excluding hydrogens is 208 g/mol. The van der Waals surface area contributed by atoms with Gasteiger partial charge < -0.3 is 5.32 Å². The van der Waals surface area contributed by atoms with Crippen molar-refractivity contribution in [1.82, 2.24) is 10.3 Å². The number of nitrogens with one attached hydrogen (secondary N) is 1. The zero-order valence-corrected chi connectivity index (χ0v) is 11.1. The van der Waals surface area contributed by atoms with Crippen molar-refractivity contribution in [3.05, 3.63) is 29.6 Å². The topological polar surface area (TPSA) is 24.9 Å². The van der Waals surface area contributed by atoms with Gasteiger partial charge in [-0.2, -0.15) is 0 Å². The van der Waals surface area contributed by atoms with Crippen molar-refractivity contribution >= 4 is 0 Å². The van der Waals surface area contributed by atoms with Gasteiger partial charge in [-0.25, -0.2) is 0 Å². The van der Waals surface area contributed by atoms with Crippen LogP contribution in [0.3, 0.4) is 0 Å². The molecule has 0 aromatic carbocycles. The number of hydrogen-bond donors (Lipinski definition) is 1. The lowest BCUT2D eigenvalue weighted by Crippen LogP contribution is -2.34. The highest BCUT2D eigenvalue weighted by molar-refractivity contribution is 5.16. The maximum atomic E-state index is 4.23. The maximum absolute atomic E-state index is 4.23. The van der Waals surface area contributed by atoms with Gasteiger partial charge in [0.1, 0.15) is 0 Å². The van der Waals surface area contributed by atoms with Crippen LogP contribution in [0.25, 0.3) is 0 Å². The third kappa shape index (κ3) is 3.81. The van der Waals surface area contributed by atoms with Gasteiger partial charge in [0.15, 0.2) is 0 Å². The predicted octanol–water partition coefficient (Wildman–Crippen LogP) is 3.45. The van der Waals surface area contributed by atoms with Gasteiger partial charge in [0.05, 0.1) is 0 Å². The van der Waals surface area contributed by atoms with Crippen LogP contribution in [-0.2, 0) is 6.54 Å². The van der Waals surface area contributed by atoms with E-state index >= 15 is 0 Å². The molecule has 2 rings (SSSR count). The second-order valence-corrected chi connectivity index (χ2v) is 5.44. The summed E-state index contributed by atoms with van der Waals surface area (Å²) in [6, 6.07) is 2.85. The molecule has 2 heteroatoms. The highest BCUT2D eigenvalue weighted by Crippen LogP contribution is 2.26. The molecule has 1 saturated carbocycles. The largest absolute Gasteiger partial charge is 0.310 e. The number of rotatable bonds is 4. The lowest BCUT2D eigenvalue weighted by molar-refractivity contribution is 0.280. The van der Waals surface area contributed by atoms with E-state index in [1.165, 1.54) is 43.2 Å². The zero-order chi connectivity index (χ0) is 12.1. The van der Waals surface area contributed by atoms with E-state index < -0.39 is 0 Å². The van der Waals surface area contributed by atoms with Crippen LogP contribution in [-0.4, -0.2) is 11.0 Å². The molecule has 1 N–H and O–H groups in total. The molecule has 0 amide bonds. The van der Waals surface area contributed by atoms with E-state index in [-0.39, 0.29) is 0 Å². The summed E-state index contributed by atoms with van der Waals surface area (Å²) in [6.45, 7) is 5.38. The van der Waals surface area contributed by atoms with Crippen LogP contribution in [0.2, 0.25) is 0 Å². The average Bonchev–Trinajstić information content (AvgIpc) is 2.37. The smallest absolute Gasteiger partial charge is 0.0313 e. The summed E-state index contributed by atoms with van der Waals surface area (Å²) in [4.78, 5) is 4.23. The van der Waals surface area contributed by atoms with Crippen LogP contribution in [0.4, 0.5) is 0 Å². The Morgan fingerprint density at radius 3 is 2.76 bits per heavy atom. The van der Waals surface area contributed by atoms with Gasteiger partial charge in [-0.3, -0.25) is 4.98 Å². The van der Waals surface area contributed by atoms with Gasteiger partial charge in [0.2, 0.25) is 0 Å². The van der Waals surface area contributed by atoms with Gasteiger partial charge in [-0.1, -0.05) is 25.3 Å². The fraction of sp³-hybridized carbons (Fsp3) is 0.667. The molecule has 0 spiro atoms. The van der Waals surface area contributed by atoms with Crippen molar-refractivity contribution in [3.63, 3.8) is 0 Å². The minimum Gasteiger partial charge on any atom is -0.310 e. The summed E-state index contributed by atoms with van der Waals surface area (Å²) in [5, 5.41) is 3.66. The molecule has 1 fully saturated rings. The van der Waals surface area contributed by atoms with Crippen LogP contribution in [0, 0.1) is 12.8 Å². The van der Waals surface area contributed by atoms with E-state index in [4.69, 9.17) is 0 Å². The fourth-order valence-corrected chi connectivity index (χ4v) is 2.79. The standard InChI is InChI=1S/C15H24N2/c1-12-8-14(10-16-9-12)11-17-13(2)15-6-4-3-5-7-15/h8-10,13,15,17H,3-7,11H2,1-2H3. The van der Waals surface area contributed by atoms with Crippen LogP contribution in [0.15, 0.2) is 18.5 Å². The summed E-state index contributed by atoms with van der Waals surface area (Å²) in [6.07, 6.45) is 11.0. The van der Waals surface area contributed by atoms with Crippen molar-refractivity contribution in [3.8, 4) is 0 Å². The Morgan fingerprint density at radius 2 is 2.06 bits per heavy atom. The van der Waals surface area contributed by atoms with E-state index in [1.807, 2.05) is 12.4 Å².